The highest BCUT2D eigenvalue weighted by Crippen LogP contribution is 2.23. The van der Waals surface area contributed by atoms with Crippen molar-refractivity contribution < 1.29 is 18.1 Å². The second kappa shape index (κ2) is 7.15. The van der Waals surface area contributed by atoms with Crippen LogP contribution in [0.25, 0.3) is 5.69 Å². The van der Waals surface area contributed by atoms with Crippen LogP contribution in [0, 0.1) is 17.0 Å². The topological polar surface area (TPSA) is 150 Å². The van der Waals surface area contributed by atoms with Gasteiger partial charge in [-0.1, -0.05) is 0 Å². The molecule has 0 aliphatic carbocycles. The molecule has 1 N–H and O–H groups in total. The van der Waals surface area contributed by atoms with Gasteiger partial charge in [-0.25, -0.2) is 13.1 Å². The summed E-state index contributed by atoms with van der Waals surface area (Å²) in [5.74, 6) is -0.678. The van der Waals surface area contributed by atoms with E-state index >= 15 is 0 Å². The van der Waals surface area contributed by atoms with E-state index in [4.69, 9.17) is 0 Å². The molecule has 11 nitrogen and oxygen atoms in total. The maximum atomic E-state index is 12.5. The van der Waals surface area contributed by atoms with E-state index in [-0.39, 0.29) is 10.5 Å². The molecule has 3 aromatic rings. The molecular formula is C16H14N6O5S. The van der Waals surface area contributed by atoms with Gasteiger partial charge >= 0.3 is 0 Å². The fourth-order valence-electron chi connectivity index (χ4n) is 2.50. The number of aryl methyl sites for hydroxylation is 1. The number of carbonyl (C=O) groups excluding carboxylic acids is 1. The van der Waals surface area contributed by atoms with Gasteiger partial charge in [-0.3, -0.25) is 14.9 Å². The average Bonchev–Trinajstić information content (AvgIpc) is 3.15. The first kappa shape index (κ1) is 19.1. The molecule has 144 valence electrons. The number of benzene rings is 2. The Bertz CT molecular complexity index is 1170. The van der Waals surface area contributed by atoms with E-state index in [1.54, 1.807) is 25.1 Å². The normalized spacial score (nSPS) is 11.2. The summed E-state index contributed by atoms with van der Waals surface area (Å²) in [6.45, 7) is 1.79. The fourth-order valence-corrected chi connectivity index (χ4v) is 3.17. The lowest BCUT2D eigenvalue weighted by Crippen LogP contribution is -2.14. The molecule has 28 heavy (non-hydrogen) atoms. The van der Waals surface area contributed by atoms with Crippen molar-refractivity contribution in [2.75, 3.05) is 11.6 Å². The summed E-state index contributed by atoms with van der Waals surface area (Å²) in [4.78, 5) is 22.5. The lowest BCUT2D eigenvalue weighted by Gasteiger charge is -2.10. The predicted molar refractivity (Wildman–Crippen MR) is 98.1 cm³/mol. The molecule has 3 rings (SSSR count). The molecule has 0 aliphatic heterocycles. The fraction of sp³-hybridized carbons (Fsp3) is 0.125. The van der Waals surface area contributed by atoms with Crippen molar-refractivity contribution in [2.45, 2.75) is 11.8 Å². The standard InChI is InChI=1S/C16H14N6O5S/c1-10-5-12(3-4-15(10)21-9-17-19-20-21)18-16(23)11-6-13(22(24)25)8-14(7-11)28(2,26)27/h3-9H,1-2H3,(H,18,23). The Morgan fingerprint density at radius 1 is 1.21 bits per heavy atom. The van der Waals surface area contributed by atoms with Crippen LogP contribution in [0.1, 0.15) is 15.9 Å². The minimum absolute atomic E-state index is 0.142. The number of aromatic nitrogens is 4. The summed E-state index contributed by atoms with van der Waals surface area (Å²) in [5.41, 5.74) is 1.26. The number of nitrogens with one attached hydrogen (secondary N) is 1. The second-order valence-corrected chi connectivity index (χ2v) is 7.97. The molecule has 0 atom stereocenters. The van der Waals surface area contributed by atoms with Gasteiger partial charge < -0.3 is 5.32 Å². The van der Waals surface area contributed by atoms with Crippen LogP contribution < -0.4 is 5.32 Å². The maximum Gasteiger partial charge on any atom is 0.271 e. The molecule has 0 bridgehead atoms. The van der Waals surface area contributed by atoms with Crippen LogP contribution in [0.15, 0.2) is 47.6 Å². The Labute approximate surface area is 159 Å². The highest BCUT2D eigenvalue weighted by Gasteiger charge is 2.19. The molecule has 0 radical (unpaired) electrons. The number of nitrogens with zero attached hydrogens (tertiary/aromatic N) is 5. The van der Waals surface area contributed by atoms with Gasteiger partial charge in [0, 0.05) is 29.6 Å². The van der Waals surface area contributed by atoms with Crippen LogP contribution >= 0.6 is 0 Å². The highest BCUT2D eigenvalue weighted by atomic mass is 32.2. The highest BCUT2D eigenvalue weighted by molar-refractivity contribution is 7.90. The van der Waals surface area contributed by atoms with Crippen molar-refractivity contribution in [1.29, 1.82) is 0 Å². The van der Waals surface area contributed by atoms with Gasteiger partial charge in [0.15, 0.2) is 9.84 Å². The number of amides is 1. The number of nitro benzene ring substituents is 1. The van der Waals surface area contributed by atoms with Crippen LogP contribution in [-0.2, 0) is 9.84 Å². The summed E-state index contributed by atoms with van der Waals surface area (Å²) >= 11 is 0. The lowest BCUT2D eigenvalue weighted by molar-refractivity contribution is -0.385. The van der Waals surface area contributed by atoms with Crippen molar-refractivity contribution in [3.05, 3.63) is 64.0 Å². The predicted octanol–water partition coefficient (Wildman–Crippen LogP) is 1.53. The van der Waals surface area contributed by atoms with Gasteiger partial charge in [0.1, 0.15) is 6.33 Å². The van der Waals surface area contributed by atoms with E-state index < -0.39 is 26.4 Å². The summed E-state index contributed by atoms with van der Waals surface area (Å²) in [6, 6.07) is 8.00. The van der Waals surface area contributed by atoms with Crippen LogP contribution in [-0.4, -0.2) is 45.7 Å². The molecule has 1 amide bonds. The van der Waals surface area contributed by atoms with Gasteiger partial charge in [-0.2, -0.15) is 0 Å². The largest absolute Gasteiger partial charge is 0.322 e. The van der Waals surface area contributed by atoms with Gasteiger partial charge in [-0.05, 0) is 47.2 Å². The third-order valence-corrected chi connectivity index (χ3v) is 4.93. The Morgan fingerprint density at radius 2 is 1.96 bits per heavy atom. The van der Waals surface area contributed by atoms with E-state index in [9.17, 15) is 23.3 Å². The SMILES string of the molecule is Cc1cc(NC(=O)c2cc([N+](=O)[O-])cc(S(C)(=O)=O)c2)ccc1-n1cnnn1. The van der Waals surface area contributed by atoms with Crippen molar-refractivity contribution in [1.82, 2.24) is 20.2 Å². The number of hydrogen-bond donors (Lipinski definition) is 1. The Balaban J connectivity index is 1.92. The number of hydrogen-bond acceptors (Lipinski definition) is 8. The zero-order valence-electron chi connectivity index (χ0n) is 14.7. The van der Waals surface area contributed by atoms with E-state index in [2.05, 4.69) is 20.8 Å². The molecule has 1 heterocycles. The number of carbonyl (C=O) groups is 1. The molecule has 0 saturated carbocycles. The smallest absolute Gasteiger partial charge is 0.271 e. The van der Waals surface area contributed by atoms with Crippen molar-refractivity contribution in [3.8, 4) is 5.69 Å². The molecule has 0 spiro atoms. The van der Waals surface area contributed by atoms with Gasteiger partial charge in [0.2, 0.25) is 0 Å². The van der Waals surface area contributed by atoms with Gasteiger partial charge in [0.25, 0.3) is 11.6 Å². The maximum absolute atomic E-state index is 12.5. The number of anilines is 1. The number of rotatable bonds is 5. The van der Waals surface area contributed by atoms with E-state index in [0.717, 1.165) is 30.0 Å². The lowest BCUT2D eigenvalue weighted by atomic mass is 10.1. The number of nitro groups is 1. The zero-order valence-corrected chi connectivity index (χ0v) is 15.5. The van der Waals surface area contributed by atoms with E-state index in [1.165, 1.54) is 11.0 Å². The van der Waals surface area contributed by atoms with E-state index in [1.807, 2.05) is 0 Å². The van der Waals surface area contributed by atoms with Crippen LogP contribution in [0.3, 0.4) is 0 Å². The van der Waals surface area contributed by atoms with Crippen LogP contribution in [0.4, 0.5) is 11.4 Å². The van der Waals surface area contributed by atoms with E-state index in [0.29, 0.717) is 11.4 Å². The Morgan fingerprint density at radius 3 is 2.54 bits per heavy atom. The molecular weight excluding hydrogens is 388 g/mol. The second-order valence-electron chi connectivity index (χ2n) is 5.95. The molecule has 0 aliphatic rings. The van der Waals surface area contributed by atoms with Gasteiger partial charge in [0.05, 0.1) is 15.5 Å². The molecule has 2 aromatic carbocycles. The van der Waals surface area contributed by atoms with Crippen LogP contribution in [0.2, 0.25) is 0 Å². The number of tetrazole rings is 1. The Kier molecular flexibility index (Phi) is 4.88. The first-order valence-corrected chi connectivity index (χ1v) is 9.69. The third-order valence-electron chi connectivity index (χ3n) is 3.84. The summed E-state index contributed by atoms with van der Waals surface area (Å²) in [6.07, 6.45) is 2.34. The van der Waals surface area contributed by atoms with Crippen molar-refractivity contribution >= 4 is 27.1 Å². The monoisotopic (exact) mass is 402 g/mol. The summed E-state index contributed by atoms with van der Waals surface area (Å²) in [5, 5.41) is 24.6. The van der Waals surface area contributed by atoms with Crippen molar-refractivity contribution in [3.63, 3.8) is 0 Å². The molecule has 1 aromatic heterocycles. The van der Waals surface area contributed by atoms with Crippen LogP contribution in [0.5, 0.6) is 0 Å². The minimum atomic E-state index is -3.73. The quantitative estimate of drug-likeness (QED) is 0.498. The summed E-state index contributed by atoms with van der Waals surface area (Å²) < 4.78 is 25.0. The molecule has 0 saturated heterocycles. The molecule has 0 fully saturated rings. The number of non-ortho nitro benzene ring substituents is 1. The minimum Gasteiger partial charge on any atom is -0.322 e. The Hall–Kier alpha value is -3.67. The number of sulfone groups is 1. The average molecular weight is 402 g/mol. The first-order valence-electron chi connectivity index (χ1n) is 7.80. The third kappa shape index (κ3) is 4.01. The van der Waals surface area contributed by atoms with Crippen molar-refractivity contribution in [2.24, 2.45) is 0 Å². The summed E-state index contributed by atoms with van der Waals surface area (Å²) in [7, 11) is -3.73. The molecule has 12 heteroatoms. The van der Waals surface area contributed by atoms with Gasteiger partial charge in [-0.15, -0.1) is 5.10 Å². The molecule has 0 unspecified atom stereocenters. The zero-order chi connectivity index (χ0) is 20.5. The first-order chi connectivity index (χ1) is 13.1.